The third kappa shape index (κ3) is 8.79. The number of carboxylic acid groups (broad SMARTS) is 1. The average molecular weight is 425 g/mol. The Hall–Kier alpha value is -1.99. The van der Waals surface area contributed by atoms with Crippen LogP contribution in [0.3, 0.4) is 0 Å². The third-order valence-corrected chi connectivity index (χ3v) is 5.50. The van der Waals surface area contributed by atoms with Crippen molar-refractivity contribution in [3.8, 4) is 0 Å². The molecule has 0 amide bonds. The molecule has 6 atom stereocenters. The van der Waals surface area contributed by atoms with Crippen LogP contribution in [-0.2, 0) is 19.1 Å². The molecule has 0 aromatic carbocycles. The van der Waals surface area contributed by atoms with Gasteiger partial charge in [-0.25, -0.2) is 0 Å². The molecular formula is C23H36O7. The lowest BCUT2D eigenvalue weighted by Gasteiger charge is -2.20. The molecule has 30 heavy (non-hydrogen) atoms. The van der Waals surface area contributed by atoms with Gasteiger partial charge in [-0.1, -0.05) is 57.9 Å². The van der Waals surface area contributed by atoms with Gasteiger partial charge in [0.2, 0.25) is 0 Å². The molecule has 0 spiro atoms. The molecule has 0 heterocycles. The van der Waals surface area contributed by atoms with Gasteiger partial charge in [-0.3, -0.25) is 14.4 Å². The highest BCUT2D eigenvalue weighted by Crippen LogP contribution is 2.32. The van der Waals surface area contributed by atoms with Crippen molar-refractivity contribution in [2.75, 3.05) is 0 Å². The topological polar surface area (TPSA) is 121 Å². The average Bonchev–Trinajstić information content (AvgIpc) is 2.96. The first-order chi connectivity index (χ1) is 14.2. The van der Waals surface area contributed by atoms with Crippen molar-refractivity contribution >= 4 is 17.7 Å². The van der Waals surface area contributed by atoms with Gasteiger partial charge in [0.05, 0.1) is 12.2 Å². The quantitative estimate of drug-likeness (QED) is 0.223. The number of rotatable bonds is 14. The Morgan fingerprint density at radius 1 is 1.30 bits per heavy atom. The fraction of sp³-hybridized carbons (Fsp3) is 0.696. The summed E-state index contributed by atoms with van der Waals surface area (Å²) in [5.41, 5.74) is 0. The Morgan fingerprint density at radius 2 is 2.00 bits per heavy atom. The molecule has 0 bridgehead atoms. The van der Waals surface area contributed by atoms with E-state index < -0.39 is 47.9 Å². The lowest BCUT2D eigenvalue weighted by molar-refractivity contribution is -0.155. The molecule has 0 unspecified atom stereocenters. The van der Waals surface area contributed by atoms with Crippen molar-refractivity contribution in [3.63, 3.8) is 0 Å². The van der Waals surface area contributed by atoms with E-state index in [2.05, 4.69) is 20.4 Å². The van der Waals surface area contributed by atoms with Gasteiger partial charge in [0, 0.05) is 18.8 Å². The first-order valence-electron chi connectivity index (χ1n) is 10.8. The van der Waals surface area contributed by atoms with Gasteiger partial charge in [-0.05, 0) is 25.2 Å². The highest BCUT2D eigenvalue weighted by molar-refractivity contribution is 6.01. The zero-order valence-electron chi connectivity index (χ0n) is 18.0. The molecule has 7 nitrogen and oxygen atoms in total. The van der Waals surface area contributed by atoms with Crippen molar-refractivity contribution in [1.82, 2.24) is 0 Å². The van der Waals surface area contributed by atoms with Crippen LogP contribution < -0.4 is 0 Å². The lowest BCUT2D eigenvalue weighted by atomic mass is 9.92. The number of aliphatic carboxylic acids is 1. The van der Waals surface area contributed by atoms with Crippen molar-refractivity contribution in [1.29, 1.82) is 0 Å². The SMILES string of the molecule is C=C[C@@H](CCCC(=O)O)OC(=O)[C@H]1C(=O)C[C@@H](O)[C@@H]1/C=C/[C@@H](O)C[C@@H](C)CCCC. The molecule has 0 aromatic heterocycles. The van der Waals surface area contributed by atoms with Crippen molar-refractivity contribution in [2.45, 2.75) is 83.5 Å². The minimum absolute atomic E-state index is 0.0527. The molecule has 1 aliphatic carbocycles. The van der Waals surface area contributed by atoms with Crippen molar-refractivity contribution in [2.24, 2.45) is 17.8 Å². The number of carbonyl (C=O) groups is 3. The normalized spacial score (nSPS) is 24.5. The predicted molar refractivity (Wildman–Crippen MR) is 113 cm³/mol. The number of ketones is 1. The van der Waals surface area contributed by atoms with Gasteiger partial charge in [0.1, 0.15) is 17.8 Å². The summed E-state index contributed by atoms with van der Waals surface area (Å²) in [6.45, 7) is 7.78. The Balaban J connectivity index is 2.71. The van der Waals surface area contributed by atoms with Crippen molar-refractivity contribution in [3.05, 3.63) is 24.8 Å². The lowest BCUT2D eigenvalue weighted by Crippen LogP contribution is -2.31. The zero-order valence-corrected chi connectivity index (χ0v) is 18.0. The summed E-state index contributed by atoms with van der Waals surface area (Å²) in [4.78, 5) is 35.5. The van der Waals surface area contributed by atoms with E-state index in [4.69, 9.17) is 9.84 Å². The van der Waals surface area contributed by atoms with Crippen LogP contribution in [0.15, 0.2) is 24.8 Å². The van der Waals surface area contributed by atoms with E-state index in [9.17, 15) is 24.6 Å². The minimum Gasteiger partial charge on any atom is -0.481 e. The predicted octanol–water partition coefficient (Wildman–Crippen LogP) is 3.04. The maximum atomic E-state index is 12.6. The second kappa shape index (κ2) is 13.3. The first kappa shape index (κ1) is 26.0. The standard InChI is InChI=1S/C23H36O7/c1-4-6-8-15(3)13-16(24)11-12-18-19(25)14-20(26)22(18)23(29)30-17(5-2)9-7-10-21(27)28/h5,11-12,15-19,22,24-25H,2,4,6-10,13-14H2,1,3H3,(H,27,28)/b12-11+/t15-,16+,17-,18-,19+,22+/m0/s1. The molecule has 170 valence electrons. The highest BCUT2D eigenvalue weighted by Gasteiger charge is 2.46. The summed E-state index contributed by atoms with van der Waals surface area (Å²) in [6, 6.07) is 0. The first-order valence-corrected chi connectivity index (χ1v) is 10.8. The molecule has 3 N–H and O–H groups in total. The molecule has 0 radical (unpaired) electrons. The van der Waals surface area contributed by atoms with Gasteiger partial charge in [0.15, 0.2) is 0 Å². The van der Waals surface area contributed by atoms with Crippen molar-refractivity contribution < 1.29 is 34.4 Å². The summed E-state index contributed by atoms with van der Waals surface area (Å²) in [7, 11) is 0. The molecule has 1 rings (SSSR count). The number of carbonyl (C=O) groups excluding carboxylic acids is 2. The number of unbranched alkanes of at least 4 members (excludes halogenated alkanes) is 1. The Kier molecular flexibility index (Phi) is 11.6. The van der Waals surface area contributed by atoms with Crippen LogP contribution in [0.4, 0.5) is 0 Å². The van der Waals surface area contributed by atoms with Gasteiger partial charge in [0.25, 0.3) is 0 Å². The molecule has 0 aromatic rings. The summed E-state index contributed by atoms with van der Waals surface area (Å²) < 4.78 is 5.35. The van der Waals surface area contributed by atoms with E-state index in [0.29, 0.717) is 25.2 Å². The number of carboxylic acids is 1. The fourth-order valence-electron chi connectivity index (χ4n) is 3.75. The van der Waals surface area contributed by atoms with E-state index in [1.54, 1.807) is 12.2 Å². The maximum Gasteiger partial charge on any atom is 0.317 e. The fourth-order valence-corrected chi connectivity index (χ4v) is 3.75. The van der Waals surface area contributed by atoms with E-state index in [-0.39, 0.29) is 12.8 Å². The van der Waals surface area contributed by atoms with E-state index in [1.807, 2.05) is 0 Å². The highest BCUT2D eigenvalue weighted by atomic mass is 16.5. The smallest absolute Gasteiger partial charge is 0.317 e. The van der Waals surface area contributed by atoms with Gasteiger partial charge in [-0.15, -0.1) is 0 Å². The van der Waals surface area contributed by atoms with Crippen LogP contribution >= 0.6 is 0 Å². The molecule has 0 saturated heterocycles. The number of hydrogen-bond donors (Lipinski definition) is 3. The van der Waals surface area contributed by atoms with Crippen LogP contribution in [-0.4, -0.2) is 51.4 Å². The monoisotopic (exact) mass is 424 g/mol. The zero-order chi connectivity index (χ0) is 22.7. The third-order valence-electron chi connectivity index (χ3n) is 5.50. The largest absolute Gasteiger partial charge is 0.481 e. The van der Waals surface area contributed by atoms with E-state index in [0.717, 1.165) is 19.3 Å². The molecular weight excluding hydrogens is 388 g/mol. The van der Waals surface area contributed by atoms with Crippen LogP contribution in [0.25, 0.3) is 0 Å². The minimum atomic E-state index is -1.14. The second-order valence-corrected chi connectivity index (χ2v) is 8.23. The second-order valence-electron chi connectivity index (χ2n) is 8.23. The summed E-state index contributed by atoms with van der Waals surface area (Å²) in [5, 5.41) is 29.2. The van der Waals surface area contributed by atoms with Gasteiger partial charge >= 0.3 is 11.9 Å². The van der Waals surface area contributed by atoms with E-state index in [1.165, 1.54) is 6.08 Å². The molecule has 0 aliphatic heterocycles. The number of aliphatic hydroxyl groups excluding tert-OH is 2. The summed E-state index contributed by atoms with van der Waals surface area (Å²) >= 11 is 0. The molecule has 1 aliphatic rings. The Morgan fingerprint density at radius 3 is 2.60 bits per heavy atom. The number of esters is 1. The molecule has 1 fully saturated rings. The summed E-state index contributed by atoms with van der Waals surface area (Å²) in [6.07, 6.45) is 6.27. The van der Waals surface area contributed by atoms with Gasteiger partial charge < -0.3 is 20.1 Å². The molecule has 1 saturated carbocycles. The van der Waals surface area contributed by atoms with Crippen LogP contribution in [0.2, 0.25) is 0 Å². The van der Waals surface area contributed by atoms with E-state index >= 15 is 0 Å². The molecule has 7 heteroatoms. The Bertz CT molecular complexity index is 613. The van der Waals surface area contributed by atoms with Gasteiger partial charge in [-0.2, -0.15) is 0 Å². The van der Waals surface area contributed by atoms with Crippen LogP contribution in [0.5, 0.6) is 0 Å². The maximum absolute atomic E-state index is 12.6. The number of hydrogen-bond acceptors (Lipinski definition) is 6. The number of Topliss-reactive ketones (excluding diaryl/α,β-unsaturated/α-hetero) is 1. The summed E-state index contributed by atoms with van der Waals surface area (Å²) in [5.74, 6) is -3.64. The number of ether oxygens (including phenoxy) is 1. The number of aliphatic hydroxyl groups is 2. The Labute approximate surface area is 178 Å². The van der Waals surface area contributed by atoms with Crippen LogP contribution in [0.1, 0.15) is 65.2 Å². The van der Waals surface area contributed by atoms with Crippen LogP contribution in [0, 0.1) is 17.8 Å².